The van der Waals surface area contributed by atoms with Gasteiger partial charge in [0.2, 0.25) is 0 Å². The van der Waals surface area contributed by atoms with Crippen molar-refractivity contribution in [3.63, 3.8) is 0 Å². The van der Waals surface area contributed by atoms with E-state index in [1.165, 1.54) is 21.8 Å². The second kappa shape index (κ2) is 9.51. The number of carbonyl (C=O) groups is 1. The third-order valence-electron chi connectivity index (χ3n) is 6.63. The summed E-state index contributed by atoms with van der Waals surface area (Å²) in [6.45, 7) is 7.35. The van der Waals surface area contributed by atoms with Gasteiger partial charge in [-0.1, -0.05) is 12.1 Å². The summed E-state index contributed by atoms with van der Waals surface area (Å²) in [4.78, 5) is 27.1. The molecule has 0 bridgehead atoms. The van der Waals surface area contributed by atoms with Gasteiger partial charge in [-0.25, -0.2) is 14.1 Å². The minimum atomic E-state index is -0.458. The summed E-state index contributed by atoms with van der Waals surface area (Å²) >= 11 is 0. The van der Waals surface area contributed by atoms with Crippen LogP contribution < -0.4 is 10.3 Å². The average Bonchev–Trinajstić information content (AvgIpc) is 3.54. The highest BCUT2D eigenvalue weighted by Gasteiger charge is 2.34. The van der Waals surface area contributed by atoms with E-state index in [-0.39, 0.29) is 12.4 Å². The van der Waals surface area contributed by atoms with Gasteiger partial charge >= 0.3 is 0 Å². The Morgan fingerprint density at radius 1 is 1.11 bits per heavy atom. The molecule has 0 saturated carbocycles. The van der Waals surface area contributed by atoms with E-state index in [9.17, 15) is 14.0 Å². The Hall–Kier alpha value is -4.34. The minimum Gasteiger partial charge on any atom is -0.497 e. The zero-order valence-corrected chi connectivity index (χ0v) is 22.0. The molecule has 2 aromatic heterocycles. The van der Waals surface area contributed by atoms with Crippen molar-refractivity contribution in [3.05, 3.63) is 87.7 Å². The first-order valence-corrected chi connectivity index (χ1v) is 12.3. The maximum atomic E-state index is 13.7. The molecule has 1 aliphatic heterocycles. The van der Waals surface area contributed by atoms with Gasteiger partial charge in [-0.05, 0) is 75.2 Å². The summed E-state index contributed by atoms with van der Waals surface area (Å²) in [5.41, 5.74) is 2.45. The fraction of sp³-hybridized carbons (Fsp3) is 0.321. The average molecular weight is 517 g/mol. The molecule has 10 heteroatoms. The lowest BCUT2D eigenvalue weighted by Crippen LogP contribution is -2.36. The van der Waals surface area contributed by atoms with Gasteiger partial charge in [0.15, 0.2) is 0 Å². The molecule has 1 aliphatic rings. The number of hydrogen-bond acceptors (Lipinski definition) is 6. The number of aromatic nitrogens is 4. The molecule has 0 fully saturated rings. The van der Waals surface area contributed by atoms with E-state index in [1.807, 2.05) is 45.0 Å². The molecule has 0 aliphatic carbocycles. The molecular weight excluding hydrogens is 487 g/mol. The first kappa shape index (κ1) is 25.3. The normalized spacial score (nSPS) is 15.7. The number of hydrazone groups is 1. The van der Waals surface area contributed by atoms with E-state index in [1.54, 1.807) is 37.0 Å². The molecule has 5 rings (SSSR count). The molecule has 2 aromatic carbocycles. The smallest absolute Gasteiger partial charge is 0.293 e. The van der Waals surface area contributed by atoms with Gasteiger partial charge in [0, 0.05) is 11.8 Å². The number of rotatable bonds is 5. The molecule has 0 saturated heterocycles. The standard InChI is InChI=1S/C28H29FN6O3/c1-17-22-15-30-35(28(2,3)4)26(22)27(37)33(31-17)16-25(36)34-24(19-6-10-20(29)11-7-19)14-23(32-34)18-8-12-21(38-5)13-9-18/h6-13,15,24H,14,16H2,1-5H3. The molecule has 196 valence electrons. The van der Waals surface area contributed by atoms with Crippen LogP contribution in [0.5, 0.6) is 5.75 Å². The number of aryl methyl sites for hydroxylation is 1. The van der Waals surface area contributed by atoms with E-state index in [0.717, 1.165) is 11.1 Å². The topological polar surface area (TPSA) is 94.6 Å². The number of carbonyl (C=O) groups excluding carboxylic acids is 1. The Kier molecular flexibility index (Phi) is 6.34. The van der Waals surface area contributed by atoms with Crippen molar-refractivity contribution >= 4 is 22.5 Å². The lowest BCUT2D eigenvalue weighted by molar-refractivity contribution is -0.133. The van der Waals surface area contributed by atoms with Crippen LogP contribution in [-0.4, -0.2) is 43.3 Å². The third-order valence-corrected chi connectivity index (χ3v) is 6.63. The van der Waals surface area contributed by atoms with E-state index in [2.05, 4.69) is 15.3 Å². The van der Waals surface area contributed by atoms with E-state index in [4.69, 9.17) is 4.74 Å². The van der Waals surface area contributed by atoms with Gasteiger partial charge in [-0.3, -0.25) is 14.3 Å². The monoisotopic (exact) mass is 516 g/mol. The predicted molar refractivity (Wildman–Crippen MR) is 142 cm³/mol. The van der Waals surface area contributed by atoms with Crippen molar-refractivity contribution in [2.24, 2.45) is 5.10 Å². The Bertz CT molecular complexity index is 1600. The Morgan fingerprint density at radius 3 is 2.42 bits per heavy atom. The van der Waals surface area contributed by atoms with Gasteiger partial charge in [-0.2, -0.15) is 15.3 Å². The first-order valence-electron chi connectivity index (χ1n) is 12.3. The predicted octanol–water partition coefficient (Wildman–Crippen LogP) is 4.18. The van der Waals surface area contributed by atoms with Gasteiger partial charge in [0.25, 0.3) is 11.5 Å². The highest BCUT2D eigenvalue weighted by molar-refractivity contribution is 6.03. The molecular formula is C28H29FN6O3. The quantitative estimate of drug-likeness (QED) is 0.397. The SMILES string of the molecule is COc1ccc(C2=NN(C(=O)Cn3nc(C)c4cnn(C(C)(C)C)c4c3=O)C(c3ccc(F)cc3)C2)cc1. The molecule has 4 aromatic rings. The fourth-order valence-electron chi connectivity index (χ4n) is 4.68. The van der Waals surface area contributed by atoms with E-state index in [0.29, 0.717) is 34.5 Å². The van der Waals surface area contributed by atoms with E-state index >= 15 is 0 Å². The first-order chi connectivity index (χ1) is 18.1. The largest absolute Gasteiger partial charge is 0.497 e. The lowest BCUT2D eigenvalue weighted by Gasteiger charge is -2.23. The fourth-order valence-corrected chi connectivity index (χ4v) is 4.68. The maximum Gasteiger partial charge on any atom is 0.293 e. The third kappa shape index (κ3) is 4.57. The van der Waals surface area contributed by atoms with Crippen molar-refractivity contribution in [2.45, 2.75) is 52.2 Å². The van der Waals surface area contributed by atoms with Crippen LogP contribution in [-0.2, 0) is 16.9 Å². The molecule has 0 radical (unpaired) electrons. The number of ether oxygens (including phenoxy) is 1. The number of benzene rings is 2. The van der Waals surface area contributed by atoms with Crippen LogP contribution in [0.4, 0.5) is 4.39 Å². The van der Waals surface area contributed by atoms with Crippen LogP contribution in [0, 0.1) is 12.7 Å². The summed E-state index contributed by atoms with van der Waals surface area (Å²) in [6.07, 6.45) is 2.06. The van der Waals surface area contributed by atoms with Crippen molar-refractivity contribution in [3.8, 4) is 5.75 Å². The Labute approximate surface area is 219 Å². The number of halogens is 1. The highest BCUT2D eigenvalue weighted by atomic mass is 19.1. The molecule has 0 N–H and O–H groups in total. The van der Waals surface area contributed by atoms with Gasteiger partial charge in [0.05, 0.1) is 36.3 Å². The highest BCUT2D eigenvalue weighted by Crippen LogP contribution is 2.33. The molecule has 1 unspecified atom stereocenters. The number of hydrogen-bond donors (Lipinski definition) is 0. The molecule has 1 atom stereocenters. The molecule has 1 amide bonds. The minimum absolute atomic E-state index is 0.304. The van der Waals surface area contributed by atoms with Crippen LogP contribution >= 0.6 is 0 Å². The summed E-state index contributed by atoms with van der Waals surface area (Å²) in [7, 11) is 1.59. The van der Waals surface area contributed by atoms with Crippen molar-refractivity contribution < 1.29 is 13.9 Å². The van der Waals surface area contributed by atoms with Crippen molar-refractivity contribution in [2.75, 3.05) is 7.11 Å². The van der Waals surface area contributed by atoms with Crippen LogP contribution in [0.25, 0.3) is 10.9 Å². The van der Waals surface area contributed by atoms with Gasteiger partial charge in [0.1, 0.15) is 23.6 Å². The van der Waals surface area contributed by atoms with Crippen LogP contribution in [0.1, 0.15) is 50.1 Å². The maximum absolute atomic E-state index is 13.7. The van der Waals surface area contributed by atoms with Crippen LogP contribution in [0.2, 0.25) is 0 Å². The second-order valence-corrected chi connectivity index (χ2v) is 10.3. The Morgan fingerprint density at radius 2 is 1.79 bits per heavy atom. The van der Waals surface area contributed by atoms with Gasteiger partial charge < -0.3 is 4.74 Å². The van der Waals surface area contributed by atoms with Crippen LogP contribution in [0.3, 0.4) is 0 Å². The number of fused-ring (bicyclic) bond motifs is 1. The van der Waals surface area contributed by atoms with Crippen molar-refractivity contribution in [1.82, 2.24) is 24.6 Å². The summed E-state index contributed by atoms with van der Waals surface area (Å²) < 4.78 is 21.7. The number of amides is 1. The number of methoxy groups -OCH3 is 1. The summed E-state index contributed by atoms with van der Waals surface area (Å²) in [5, 5.41) is 15.5. The lowest BCUT2D eigenvalue weighted by atomic mass is 9.98. The van der Waals surface area contributed by atoms with Crippen molar-refractivity contribution in [1.29, 1.82) is 0 Å². The second-order valence-electron chi connectivity index (χ2n) is 10.3. The molecule has 38 heavy (non-hydrogen) atoms. The van der Waals surface area contributed by atoms with Crippen LogP contribution in [0.15, 0.2) is 64.6 Å². The zero-order valence-electron chi connectivity index (χ0n) is 22.0. The van der Waals surface area contributed by atoms with Gasteiger partial charge in [-0.15, -0.1) is 0 Å². The molecule has 0 spiro atoms. The summed E-state index contributed by atoms with van der Waals surface area (Å²) in [6, 6.07) is 13.0. The zero-order chi connectivity index (χ0) is 27.2. The number of nitrogens with zero attached hydrogens (tertiary/aromatic N) is 6. The molecule has 3 heterocycles. The Balaban J connectivity index is 1.53. The summed E-state index contributed by atoms with van der Waals surface area (Å²) in [5.74, 6) is -0.0602. The molecule has 9 nitrogen and oxygen atoms in total. The van der Waals surface area contributed by atoms with E-state index < -0.39 is 23.0 Å².